The molecule has 2 heterocycles. The number of aromatic nitrogens is 2. The maximum atomic E-state index is 13.0. The first-order chi connectivity index (χ1) is 14.4. The van der Waals surface area contributed by atoms with Crippen molar-refractivity contribution in [2.75, 3.05) is 44.6 Å². The number of nitrogens with zero attached hydrogens (tertiary/aromatic N) is 4. The highest BCUT2D eigenvalue weighted by Crippen LogP contribution is 2.16. The van der Waals surface area contributed by atoms with Gasteiger partial charge in [0.2, 0.25) is 10.9 Å². The van der Waals surface area contributed by atoms with E-state index >= 15 is 0 Å². The van der Waals surface area contributed by atoms with Gasteiger partial charge in [0.05, 0.1) is 13.1 Å². The maximum absolute atomic E-state index is 13.0. The zero-order chi connectivity index (χ0) is 21.5. The van der Waals surface area contributed by atoms with Crippen LogP contribution in [0.5, 0.6) is 0 Å². The molecule has 0 atom stereocenters. The molecule has 2 N–H and O–H groups in total. The van der Waals surface area contributed by atoms with Crippen LogP contribution in [0, 0.1) is 11.7 Å². The number of piperazine rings is 1. The summed E-state index contributed by atoms with van der Waals surface area (Å²) in [7, 11) is 0. The smallest absolute Gasteiger partial charge is 0.286 e. The first-order valence-electron chi connectivity index (χ1n) is 10.00. The van der Waals surface area contributed by atoms with E-state index in [1.165, 1.54) is 35.6 Å². The third kappa shape index (κ3) is 6.82. The highest BCUT2D eigenvalue weighted by molar-refractivity contribution is 7.13. The zero-order valence-corrected chi connectivity index (χ0v) is 18.0. The first kappa shape index (κ1) is 22.3. The van der Waals surface area contributed by atoms with E-state index in [1.807, 2.05) is 0 Å². The average Bonchev–Trinajstić information content (AvgIpc) is 3.18. The Morgan fingerprint density at radius 3 is 2.43 bits per heavy atom. The van der Waals surface area contributed by atoms with Gasteiger partial charge in [0, 0.05) is 38.4 Å². The normalized spacial score (nSPS) is 15.3. The lowest BCUT2D eigenvalue weighted by Gasteiger charge is -2.33. The van der Waals surface area contributed by atoms with Crippen molar-refractivity contribution in [1.82, 2.24) is 25.3 Å². The zero-order valence-electron chi connectivity index (χ0n) is 17.2. The summed E-state index contributed by atoms with van der Waals surface area (Å²) in [5, 5.41) is 14.8. The second-order valence-corrected chi connectivity index (χ2v) is 8.77. The summed E-state index contributed by atoms with van der Waals surface area (Å²) in [6.07, 6.45) is 0. The van der Waals surface area contributed by atoms with Crippen LogP contribution in [0.1, 0.15) is 28.7 Å². The van der Waals surface area contributed by atoms with Crippen LogP contribution in [0.2, 0.25) is 0 Å². The Bertz CT molecular complexity index is 849. The van der Waals surface area contributed by atoms with Gasteiger partial charge < -0.3 is 10.6 Å². The minimum atomic E-state index is -0.359. The fourth-order valence-corrected chi connectivity index (χ4v) is 3.78. The van der Waals surface area contributed by atoms with Gasteiger partial charge in [-0.25, -0.2) is 4.39 Å². The largest absolute Gasteiger partial charge is 0.355 e. The Hall–Kier alpha value is -2.43. The minimum absolute atomic E-state index is 0.0677. The van der Waals surface area contributed by atoms with Crippen LogP contribution in [-0.2, 0) is 11.3 Å². The van der Waals surface area contributed by atoms with Gasteiger partial charge in [-0.3, -0.25) is 19.4 Å². The molecule has 1 aromatic carbocycles. The summed E-state index contributed by atoms with van der Waals surface area (Å²) in [5.74, 6) is -0.205. The van der Waals surface area contributed by atoms with Crippen LogP contribution in [-0.4, -0.2) is 71.1 Å². The molecule has 0 aliphatic carbocycles. The van der Waals surface area contributed by atoms with Crippen LogP contribution in [0.4, 0.5) is 10.1 Å². The van der Waals surface area contributed by atoms with E-state index in [4.69, 9.17) is 0 Å². The topological polar surface area (TPSA) is 90.5 Å². The van der Waals surface area contributed by atoms with Crippen molar-refractivity contribution in [2.24, 2.45) is 5.92 Å². The molecule has 1 saturated heterocycles. The molecule has 1 aliphatic rings. The second kappa shape index (κ2) is 10.6. The number of anilines is 1. The molecule has 1 aliphatic heterocycles. The Labute approximate surface area is 179 Å². The number of rotatable bonds is 8. The SMILES string of the molecule is CC(C)CNC(=O)CN1CCN(Cc2nnc(C(=O)Nc3ccc(F)cc3)s2)CC1. The fraction of sp³-hybridized carbons (Fsp3) is 0.500. The van der Waals surface area contributed by atoms with E-state index < -0.39 is 0 Å². The number of hydrogen-bond donors (Lipinski definition) is 2. The van der Waals surface area contributed by atoms with Crippen molar-refractivity contribution in [3.05, 3.63) is 40.1 Å². The summed E-state index contributed by atoms with van der Waals surface area (Å²) in [4.78, 5) is 28.6. The summed E-state index contributed by atoms with van der Waals surface area (Å²) < 4.78 is 13.0. The molecule has 8 nitrogen and oxygen atoms in total. The van der Waals surface area contributed by atoms with E-state index in [2.05, 4.69) is 44.5 Å². The summed E-state index contributed by atoms with van der Waals surface area (Å²) in [5.41, 5.74) is 0.506. The monoisotopic (exact) mass is 434 g/mol. The van der Waals surface area contributed by atoms with Crippen molar-refractivity contribution in [3.8, 4) is 0 Å². The van der Waals surface area contributed by atoms with Crippen molar-refractivity contribution in [3.63, 3.8) is 0 Å². The van der Waals surface area contributed by atoms with E-state index in [1.54, 1.807) is 0 Å². The number of amides is 2. The highest BCUT2D eigenvalue weighted by Gasteiger charge is 2.21. The third-order valence-electron chi connectivity index (χ3n) is 4.66. The minimum Gasteiger partial charge on any atom is -0.355 e. The molecule has 30 heavy (non-hydrogen) atoms. The van der Waals surface area contributed by atoms with Crippen LogP contribution >= 0.6 is 11.3 Å². The Kier molecular flexibility index (Phi) is 7.83. The van der Waals surface area contributed by atoms with Gasteiger partial charge in [0.25, 0.3) is 5.91 Å². The molecule has 0 spiro atoms. The molecule has 2 aromatic rings. The molecule has 3 rings (SSSR count). The van der Waals surface area contributed by atoms with E-state index in [0.717, 1.165) is 31.2 Å². The van der Waals surface area contributed by atoms with Gasteiger partial charge in [-0.15, -0.1) is 10.2 Å². The van der Waals surface area contributed by atoms with Gasteiger partial charge in [-0.05, 0) is 30.2 Å². The van der Waals surface area contributed by atoms with E-state index in [-0.39, 0.29) is 22.6 Å². The molecular formula is C20H27FN6O2S. The van der Waals surface area contributed by atoms with Crippen LogP contribution in [0.3, 0.4) is 0 Å². The van der Waals surface area contributed by atoms with E-state index in [0.29, 0.717) is 31.2 Å². The quantitative estimate of drug-likeness (QED) is 0.659. The van der Waals surface area contributed by atoms with Gasteiger partial charge in [-0.2, -0.15) is 0 Å². The third-order valence-corrected chi connectivity index (χ3v) is 5.57. The standard InChI is InChI=1S/C20H27FN6O2S/c1-14(2)11-22-17(28)12-26-7-9-27(10-8-26)13-18-24-25-20(30-18)19(29)23-16-5-3-15(21)4-6-16/h3-6,14H,7-13H2,1-2H3,(H,22,28)(H,23,29). The lowest BCUT2D eigenvalue weighted by molar-refractivity contribution is -0.122. The summed E-state index contributed by atoms with van der Waals surface area (Å²) in [6, 6.07) is 5.57. The highest BCUT2D eigenvalue weighted by atomic mass is 32.1. The Balaban J connectivity index is 1.42. The molecule has 1 fully saturated rings. The lowest BCUT2D eigenvalue weighted by Crippen LogP contribution is -2.49. The molecule has 1 aromatic heterocycles. The van der Waals surface area contributed by atoms with Gasteiger partial charge in [-0.1, -0.05) is 25.2 Å². The number of benzene rings is 1. The lowest BCUT2D eigenvalue weighted by atomic mass is 10.2. The maximum Gasteiger partial charge on any atom is 0.286 e. The molecule has 0 saturated carbocycles. The number of halogens is 1. The number of nitrogens with one attached hydrogen (secondary N) is 2. The molecule has 0 bridgehead atoms. The van der Waals surface area contributed by atoms with Gasteiger partial charge >= 0.3 is 0 Å². The molecule has 0 unspecified atom stereocenters. The molecule has 0 radical (unpaired) electrons. The predicted molar refractivity (Wildman–Crippen MR) is 114 cm³/mol. The van der Waals surface area contributed by atoms with Crippen molar-refractivity contribution in [1.29, 1.82) is 0 Å². The molecule has 2 amide bonds. The summed E-state index contributed by atoms with van der Waals surface area (Å²) >= 11 is 1.25. The number of carbonyl (C=O) groups excluding carboxylic acids is 2. The fourth-order valence-electron chi connectivity index (χ4n) is 3.00. The van der Waals surface area contributed by atoms with E-state index in [9.17, 15) is 14.0 Å². The number of carbonyl (C=O) groups is 2. The second-order valence-electron chi connectivity index (χ2n) is 7.71. The molecule has 10 heteroatoms. The van der Waals surface area contributed by atoms with Crippen LogP contribution < -0.4 is 10.6 Å². The summed E-state index contributed by atoms with van der Waals surface area (Å²) in [6.45, 7) is 9.17. The van der Waals surface area contributed by atoms with Gasteiger partial charge in [0.1, 0.15) is 10.8 Å². The number of hydrogen-bond acceptors (Lipinski definition) is 7. The Morgan fingerprint density at radius 2 is 1.77 bits per heavy atom. The molecular weight excluding hydrogens is 407 g/mol. The Morgan fingerprint density at radius 1 is 1.10 bits per heavy atom. The average molecular weight is 435 g/mol. The van der Waals surface area contributed by atoms with Crippen molar-refractivity contribution < 1.29 is 14.0 Å². The van der Waals surface area contributed by atoms with Crippen LogP contribution in [0.15, 0.2) is 24.3 Å². The molecule has 162 valence electrons. The van der Waals surface area contributed by atoms with Crippen LogP contribution in [0.25, 0.3) is 0 Å². The van der Waals surface area contributed by atoms with Crippen molar-refractivity contribution >= 4 is 28.8 Å². The predicted octanol–water partition coefficient (Wildman–Crippen LogP) is 1.82. The van der Waals surface area contributed by atoms with Crippen molar-refractivity contribution in [2.45, 2.75) is 20.4 Å². The first-order valence-corrected chi connectivity index (χ1v) is 10.8. The van der Waals surface area contributed by atoms with Gasteiger partial charge in [0.15, 0.2) is 0 Å².